The largest absolute Gasteiger partial charge is 0.381 e. The standard InChI is InChI=1S/C12H23NOS2/c1-11-8-13(4-7-16-11)9-12(10-15)2-5-14-6-3-12/h11,15H,2-10H2,1H3. The van der Waals surface area contributed by atoms with E-state index in [4.69, 9.17) is 4.74 Å². The Morgan fingerprint density at radius 2 is 2.19 bits per heavy atom. The summed E-state index contributed by atoms with van der Waals surface area (Å²) in [5, 5.41) is 0.797. The van der Waals surface area contributed by atoms with Crippen molar-refractivity contribution in [3.05, 3.63) is 0 Å². The van der Waals surface area contributed by atoms with Gasteiger partial charge in [0.05, 0.1) is 0 Å². The Labute approximate surface area is 109 Å². The quantitative estimate of drug-likeness (QED) is 0.782. The molecule has 0 bridgehead atoms. The number of hydrogen-bond donors (Lipinski definition) is 1. The van der Waals surface area contributed by atoms with Gasteiger partial charge in [-0.05, 0) is 24.0 Å². The van der Waals surface area contributed by atoms with Gasteiger partial charge in [-0.2, -0.15) is 24.4 Å². The number of hydrogen-bond acceptors (Lipinski definition) is 4. The molecule has 0 spiro atoms. The molecule has 4 heteroatoms. The van der Waals surface area contributed by atoms with E-state index < -0.39 is 0 Å². The Bertz CT molecular complexity index is 219. The SMILES string of the molecule is CC1CN(CC2(CS)CCOCC2)CCS1. The molecule has 0 aliphatic carbocycles. The van der Waals surface area contributed by atoms with Crippen molar-refractivity contribution in [1.29, 1.82) is 0 Å². The molecule has 2 saturated heterocycles. The predicted octanol–water partition coefficient (Wildman–Crippen LogP) is 2.15. The van der Waals surface area contributed by atoms with Crippen LogP contribution in [-0.4, -0.2) is 54.5 Å². The van der Waals surface area contributed by atoms with Gasteiger partial charge in [-0.1, -0.05) is 6.92 Å². The van der Waals surface area contributed by atoms with Gasteiger partial charge < -0.3 is 9.64 Å². The Morgan fingerprint density at radius 1 is 1.44 bits per heavy atom. The molecule has 2 heterocycles. The molecule has 1 unspecified atom stereocenters. The van der Waals surface area contributed by atoms with Gasteiger partial charge in [0.2, 0.25) is 0 Å². The summed E-state index contributed by atoms with van der Waals surface area (Å²) in [6.45, 7) is 7.93. The summed E-state index contributed by atoms with van der Waals surface area (Å²) in [7, 11) is 0. The fourth-order valence-corrected chi connectivity index (χ4v) is 4.18. The van der Waals surface area contributed by atoms with Gasteiger partial charge in [0.15, 0.2) is 0 Å². The third-order valence-corrected chi connectivity index (χ3v) is 5.58. The molecule has 0 saturated carbocycles. The molecule has 0 amide bonds. The zero-order chi connectivity index (χ0) is 11.4. The number of thioether (sulfide) groups is 1. The fraction of sp³-hybridized carbons (Fsp3) is 1.00. The molecule has 0 aromatic rings. The van der Waals surface area contributed by atoms with Crippen LogP contribution in [-0.2, 0) is 4.74 Å². The number of thiol groups is 1. The first kappa shape index (κ1) is 13.1. The molecule has 2 fully saturated rings. The second kappa shape index (κ2) is 5.98. The van der Waals surface area contributed by atoms with Crippen LogP contribution < -0.4 is 0 Å². The Hall–Kier alpha value is 0.620. The van der Waals surface area contributed by atoms with Crippen LogP contribution >= 0.6 is 24.4 Å². The van der Waals surface area contributed by atoms with E-state index in [0.717, 1.165) is 24.2 Å². The average molecular weight is 261 g/mol. The zero-order valence-corrected chi connectivity index (χ0v) is 11.9. The highest BCUT2D eigenvalue weighted by Crippen LogP contribution is 2.33. The van der Waals surface area contributed by atoms with Gasteiger partial charge in [0.25, 0.3) is 0 Å². The third-order valence-electron chi connectivity index (χ3n) is 3.77. The van der Waals surface area contributed by atoms with Crippen molar-refractivity contribution in [2.45, 2.75) is 25.0 Å². The molecule has 2 aliphatic heterocycles. The molecule has 2 nitrogen and oxygen atoms in total. The van der Waals surface area contributed by atoms with Crippen molar-refractivity contribution in [2.75, 3.05) is 44.4 Å². The molecule has 2 rings (SSSR count). The van der Waals surface area contributed by atoms with Crippen LogP contribution in [0.5, 0.6) is 0 Å². The summed E-state index contributed by atoms with van der Waals surface area (Å²) in [6, 6.07) is 0. The highest BCUT2D eigenvalue weighted by atomic mass is 32.2. The molecule has 1 atom stereocenters. The van der Waals surface area contributed by atoms with E-state index in [2.05, 4.69) is 36.2 Å². The van der Waals surface area contributed by atoms with Gasteiger partial charge in [-0.3, -0.25) is 0 Å². The maximum absolute atomic E-state index is 5.48. The first-order chi connectivity index (χ1) is 7.74. The second-order valence-electron chi connectivity index (χ2n) is 5.19. The van der Waals surface area contributed by atoms with Crippen LogP contribution in [0.25, 0.3) is 0 Å². The number of nitrogens with zero attached hydrogens (tertiary/aromatic N) is 1. The lowest BCUT2D eigenvalue weighted by Gasteiger charge is -2.42. The summed E-state index contributed by atoms with van der Waals surface area (Å²) in [4.78, 5) is 2.64. The van der Waals surface area contributed by atoms with E-state index in [1.165, 1.54) is 38.2 Å². The smallest absolute Gasteiger partial charge is 0.0472 e. The topological polar surface area (TPSA) is 12.5 Å². The van der Waals surface area contributed by atoms with E-state index in [9.17, 15) is 0 Å². The minimum atomic E-state index is 0.420. The number of ether oxygens (including phenoxy) is 1. The predicted molar refractivity (Wildman–Crippen MR) is 74.7 cm³/mol. The van der Waals surface area contributed by atoms with E-state index >= 15 is 0 Å². The normalized spacial score (nSPS) is 31.5. The van der Waals surface area contributed by atoms with Crippen molar-refractivity contribution >= 4 is 24.4 Å². The summed E-state index contributed by atoms with van der Waals surface area (Å²) >= 11 is 6.69. The first-order valence-electron chi connectivity index (χ1n) is 6.27. The van der Waals surface area contributed by atoms with Gasteiger partial charge >= 0.3 is 0 Å². The highest BCUT2D eigenvalue weighted by Gasteiger charge is 2.34. The Kier molecular flexibility index (Phi) is 4.89. The lowest BCUT2D eigenvalue weighted by Crippen LogP contribution is -2.47. The maximum atomic E-state index is 5.48. The molecule has 0 radical (unpaired) electrons. The summed E-state index contributed by atoms with van der Waals surface area (Å²) in [5.74, 6) is 2.30. The van der Waals surface area contributed by atoms with Crippen LogP contribution in [0.2, 0.25) is 0 Å². The first-order valence-corrected chi connectivity index (χ1v) is 7.95. The number of rotatable bonds is 3. The van der Waals surface area contributed by atoms with Crippen molar-refractivity contribution in [1.82, 2.24) is 4.90 Å². The summed E-state index contributed by atoms with van der Waals surface area (Å²) in [6.07, 6.45) is 2.38. The van der Waals surface area contributed by atoms with E-state index in [1.807, 2.05) is 0 Å². The third kappa shape index (κ3) is 3.31. The highest BCUT2D eigenvalue weighted by molar-refractivity contribution is 7.99. The van der Waals surface area contributed by atoms with Crippen molar-refractivity contribution < 1.29 is 4.74 Å². The van der Waals surface area contributed by atoms with Crippen molar-refractivity contribution in [2.24, 2.45) is 5.41 Å². The lowest BCUT2D eigenvalue weighted by molar-refractivity contribution is 0.00842. The Morgan fingerprint density at radius 3 is 2.81 bits per heavy atom. The van der Waals surface area contributed by atoms with Gasteiger partial charge in [-0.25, -0.2) is 0 Å². The minimum Gasteiger partial charge on any atom is -0.381 e. The van der Waals surface area contributed by atoms with Gasteiger partial charge in [-0.15, -0.1) is 0 Å². The summed E-state index contributed by atoms with van der Waals surface area (Å²) < 4.78 is 5.48. The summed E-state index contributed by atoms with van der Waals surface area (Å²) in [5.41, 5.74) is 0.420. The molecule has 0 aromatic carbocycles. The van der Waals surface area contributed by atoms with Crippen molar-refractivity contribution in [3.63, 3.8) is 0 Å². The van der Waals surface area contributed by atoms with Crippen LogP contribution in [0.15, 0.2) is 0 Å². The maximum Gasteiger partial charge on any atom is 0.0472 e. The molecule has 94 valence electrons. The van der Waals surface area contributed by atoms with Crippen LogP contribution in [0.1, 0.15) is 19.8 Å². The molecule has 0 N–H and O–H groups in total. The zero-order valence-electron chi connectivity index (χ0n) is 10.2. The molecular formula is C12H23NOS2. The van der Waals surface area contributed by atoms with E-state index in [0.29, 0.717) is 5.41 Å². The second-order valence-corrected chi connectivity index (χ2v) is 7.05. The monoisotopic (exact) mass is 261 g/mol. The lowest BCUT2D eigenvalue weighted by atomic mass is 9.81. The average Bonchev–Trinajstić information content (AvgIpc) is 2.30. The molecule has 16 heavy (non-hydrogen) atoms. The van der Waals surface area contributed by atoms with Crippen LogP contribution in [0.3, 0.4) is 0 Å². The molecule has 2 aliphatic rings. The minimum absolute atomic E-state index is 0.420. The van der Waals surface area contributed by atoms with Crippen molar-refractivity contribution in [3.8, 4) is 0 Å². The van der Waals surface area contributed by atoms with Gasteiger partial charge in [0, 0.05) is 43.9 Å². The Balaban J connectivity index is 1.89. The van der Waals surface area contributed by atoms with Crippen LogP contribution in [0.4, 0.5) is 0 Å². The molecule has 0 aromatic heterocycles. The van der Waals surface area contributed by atoms with Gasteiger partial charge in [0.1, 0.15) is 0 Å². The van der Waals surface area contributed by atoms with E-state index in [1.54, 1.807) is 0 Å². The fourth-order valence-electron chi connectivity index (χ4n) is 2.68. The van der Waals surface area contributed by atoms with Crippen LogP contribution in [0, 0.1) is 5.41 Å². The van der Waals surface area contributed by atoms with E-state index in [-0.39, 0.29) is 0 Å². The molecular weight excluding hydrogens is 238 g/mol.